The summed E-state index contributed by atoms with van der Waals surface area (Å²) >= 11 is 0. The highest BCUT2D eigenvalue weighted by Gasteiger charge is 2.10. The van der Waals surface area contributed by atoms with E-state index in [4.69, 9.17) is 5.73 Å². The number of H-pyrrole nitrogens is 1. The number of nitrogens with two attached hydrogens (primary N) is 1. The highest BCUT2D eigenvalue weighted by atomic mass is 16.2. The molecule has 0 fully saturated rings. The lowest BCUT2D eigenvalue weighted by Gasteiger charge is -2.12. The number of nitrogen functional groups attached to an aromatic ring is 1. The van der Waals surface area contributed by atoms with Gasteiger partial charge in [0, 0.05) is 31.4 Å². The maximum atomic E-state index is 11.7. The molecule has 2 heterocycles. The van der Waals surface area contributed by atoms with E-state index >= 15 is 0 Å². The molecule has 7 nitrogen and oxygen atoms in total. The molecule has 0 amide bonds. The summed E-state index contributed by atoms with van der Waals surface area (Å²) in [4.78, 5) is 29.7. The van der Waals surface area contributed by atoms with Crippen LogP contribution in [0.25, 0.3) is 0 Å². The van der Waals surface area contributed by atoms with Crippen molar-refractivity contribution in [3.8, 4) is 0 Å². The topological polar surface area (TPSA) is 106 Å². The van der Waals surface area contributed by atoms with Gasteiger partial charge in [-0.3, -0.25) is 19.3 Å². The molecule has 0 saturated carbocycles. The van der Waals surface area contributed by atoms with Crippen LogP contribution in [0.4, 0.5) is 11.5 Å². The monoisotopic (exact) mass is 275 g/mol. The van der Waals surface area contributed by atoms with Gasteiger partial charge < -0.3 is 11.1 Å². The van der Waals surface area contributed by atoms with Gasteiger partial charge in [0.15, 0.2) is 0 Å². The maximum absolute atomic E-state index is 11.7. The number of aromatic nitrogens is 3. The summed E-state index contributed by atoms with van der Waals surface area (Å²) in [6, 6.07) is 5.65. The predicted octanol–water partition coefficient (Wildman–Crippen LogP) is 0.188. The number of aromatic amines is 1. The molecular weight excluding hydrogens is 258 g/mol. The fourth-order valence-electron chi connectivity index (χ4n) is 1.93. The molecule has 2 rings (SSSR count). The van der Waals surface area contributed by atoms with Gasteiger partial charge in [0.2, 0.25) is 0 Å². The van der Waals surface area contributed by atoms with E-state index in [1.54, 1.807) is 13.1 Å². The molecular formula is C13H17N5O2. The first-order valence-corrected chi connectivity index (χ1v) is 6.40. The molecule has 0 aliphatic heterocycles. The Labute approximate surface area is 115 Å². The van der Waals surface area contributed by atoms with Crippen molar-refractivity contribution in [1.82, 2.24) is 14.5 Å². The third-order valence-electron chi connectivity index (χ3n) is 2.96. The molecule has 2 aromatic heterocycles. The fraction of sp³-hybridized carbons (Fsp3) is 0.308. The van der Waals surface area contributed by atoms with Crippen molar-refractivity contribution in [3.05, 3.63) is 50.9 Å². The molecule has 0 aliphatic rings. The Kier molecular flexibility index (Phi) is 4.19. The van der Waals surface area contributed by atoms with Gasteiger partial charge in [-0.1, -0.05) is 6.07 Å². The van der Waals surface area contributed by atoms with Gasteiger partial charge >= 0.3 is 5.69 Å². The molecule has 0 bridgehead atoms. The van der Waals surface area contributed by atoms with Crippen molar-refractivity contribution in [2.45, 2.75) is 19.9 Å². The second-order valence-electron chi connectivity index (χ2n) is 4.26. The van der Waals surface area contributed by atoms with Crippen LogP contribution in [0.3, 0.4) is 0 Å². The summed E-state index contributed by atoms with van der Waals surface area (Å²) < 4.78 is 1.31. The lowest BCUT2D eigenvalue weighted by Crippen LogP contribution is -2.34. The normalized spacial score (nSPS) is 10.4. The lowest BCUT2D eigenvalue weighted by atomic mass is 10.2. The summed E-state index contributed by atoms with van der Waals surface area (Å²) in [7, 11) is 0. The second-order valence-corrected chi connectivity index (χ2v) is 4.26. The largest absolute Gasteiger partial charge is 0.383 e. The lowest BCUT2D eigenvalue weighted by molar-refractivity contribution is 0.706. The SMILES string of the molecule is CCn1c(N)c(NCCc2ccccn2)c(=O)[nH]c1=O. The number of anilines is 2. The summed E-state index contributed by atoms with van der Waals surface area (Å²) in [5, 5.41) is 2.96. The minimum atomic E-state index is -0.502. The maximum Gasteiger partial charge on any atom is 0.330 e. The summed E-state index contributed by atoms with van der Waals surface area (Å²) in [6.45, 7) is 2.69. The van der Waals surface area contributed by atoms with Gasteiger partial charge in [0.25, 0.3) is 5.56 Å². The van der Waals surface area contributed by atoms with Crippen LogP contribution in [0.2, 0.25) is 0 Å². The minimum Gasteiger partial charge on any atom is -0.383 e. The Morgan fingerprint density at radius 1 is 1.40 bits per heavy atom. The standard InChI is InChI=1S/C13H17N5O2/c1-2-18-11(14)10(12(19)17-13(18)20)16-8-6-9-5-3-4-7-15-9/h3-5,7,16H,2,6,8,14H2,1H3,(H,17,19,20). The van der Waals surface area contributed by atoms with Gasteiger partial charge in [-0.25, -0.2) is 4.79 Å². The molecule has 2 aromatic rings. The van der Waals surface area contributed by atoms with Gasteiger partial charge in [0.05, 0.1) is 0 Å². The van der Waals surface area contributed by atoms with Crippen LogP contribution in [0.5, 0.6) is 0 Å². The van der Waals surface area contributed by atoms with Crippen molar-refractivity contribution in [3.63, 3.8) is 0 Å². The smallest absolute Gasteiger partial charge is 0.330 e. The molecule has 0 unspecified atom stereocenters. The highest BCUT2D eigenvalue weighted by molar-refractivity contribution is 5.60. The number of rotatable bonds is 5. The molecule has 0 saturated heterocycles. The first kappa shape index (κ1) is 13.9. The van der Waals surface area contributed by atoms with E-state index in [0.29, 0.717) is 19.5 Å². The van der Waals surface area contributed by atoms with Crippen LogP contribution in [0.15, 0.2) is 34.0 Å². The van der Waals surface area contributed by atoms with E-state index in [2.05, 4.69) is 15.3 Å². The van der Waals surface area contributed by atoms with E-state index in [1.165, 1.54) is 4.57 Å². The number of hydrogen-bond acceptors (Lipinski definition) is 5. The Hall–Kier alpha value is -2.57. The molecule has 0 aromatic carbocycles. The quantitative estimate of drug-likeness (QED) is 0.722. The third-order valence-corrected chi connectivity index (χ3v) is 2.96. The second kappa shape index (κ2) is 6.05. The van der Waals surface area contributed by atoms with E-state index < -0.39 is 11.2 Å². The zero-order chi connectivity index (χ0) is 14.5. The number of hydrogen-bond donors (Lipinski definition) is 3. The Bertz CT molecular complexity index is 690. The van der Waals surface area contributed by atoms with Crippen molar-refractivity contribution in [1.29, 1.82) is 0 Å². The van der Waals surface area contributed by atoms with Crippen LogP contribution in [-0.4, -0.2) is 21.1 Å². The molecule has 4 N–H and O–H groups in total. The van der Waals surface area contributed by atoms with Gasteiger partial charge in [-0.05, 0) is 19.1 Å². The Balaban J connectivity index is 2.14. The van der Waals surface area contributed by atoms with Crippen LogP contribution in [0.1, 0.15) is 12.6 Å². The van der Waals surface area contributed by atoms with Crippen LogP contribution in [-0.2, 0) is 13.0 Å². The van der Waals surface area contributed by atoms with Crippen molar-refractivity contribution in [2.24, 2.45) is 0 Å². The molecule has 7 heteroatoms. The molecule has 106 valence electrons. The number of nitrogens with one attached hydrogen (secondary N) is 2. The number of pyridine rings is 1. The molecule has 0 atom stereocenters. The van der Waals surface area contributed by atoms with Gasteiger partial charge in [-0.15, -0.1) is 0 Å². The first-order chi connectivity index (χ1) is 9.63. The molecule has 0 spiro atoms. The zero-order valence-electron chi connectivity index (χ0n) is 11.2. The van der Waals surface area contributed by atoms with Crippen LogP contribution >= 0.6 is 0 Å². The highest BCUT2D eigenvalue weighted by Crippen LogP contribution is 2.09. The van der Waals surface area contributed by atoms with Crippen LogP contribution in [0, 0.1) is 0 Å². The minimum absolute atomic E-state index is 0.155. The summed E-state index contributed by atoms with van der Waals surface area (Å²) in [6.07, 6.45) is 2.37. The van der Waals surface area contributed by atoms with Gasteiger partial charge in [-0.2, -0.15) is 0 Å². The predicted molar refractivity (Wildman–Crippen MR) is 77.8 cm³/mol. The van der Waals surface area contributed by atoms with Crippen molar-refractivity contribution in [2.75, 3.05) is 17.6 Å². The molecule has 20 heavy (non-hydrogen) atoms. The van der Waals surface area contributed by atoms with Crippen molar-refractivity contribution >= 4 is 11.5 Å². The van der Waals surface area contributed by atoms with Gasteiger partial charge in [0.1, 0.15) is 11.5 Å². The summed E-state index contributed by atoms with van der Waals surface area (Å²) in [5.41, 5.74) is 5.98. The Morgan fingerprint density at radius 3 is 2.85 bits per heavy atom. The fourth-order valence-corrected chi connectivity index (χ4v) is 1.93. The van der Waals surface area contributed by atoms with E-state index in [0.717, 1.165) is 5.69 Å². The third kappa shape index (κ3) is 2.87. The number of nitrogens with zero attached hydrogens (tertiary/aromatic N) is 2. The average molecular weight is 275 g/mol. The van der Waals surface area contributed by atoms with E-state index in [9.17, 15) is 9.59 Å². The van der Waals surface area contributed by atoms with Crippen molar-refractivity contribution < 1.29 is 0 Å². The first-order valence-electron chi connectivity index (χ1n) is 6.40. The molecule has 0 aliphatic carbocycles. The van der Waals surface area contributed by atoms with E-state index in [-0.39, 0.29) is 11.5 Å². The average Bonchev–Trinajstić information content (AvgIpc) is 2.44. The molecule has 0 radical (unpaired) electrons. The summed E-state index contributed by atoms with van der Waals surface area (Å²) in [5.74, 6) is 0.155. The Morgan fingerprint density at radius 2 is 2.20 bits per heavy atom. The van der Waals surface area contributed by atoms with E-state index in [1.807, 2.05) is 18.2 Å². The zero-order valence-corrected chi connectivity index (χ0v) is 11.2. The van der Waals surface area contributed by atoms with Crippen LogP contribution < -0.4 is 22.3 Å².